The number of hydrogen-bond acceptors (Lipinski definition) is 17. The van der Waals surface area contributed by atoms with Crippen LogP contribution in [0.5, 0.6) is 0 Å². The first-order valence-corrected chi connectivity index (χ1v) is 24.7. The van der Waals surface area contributed by atoms with Crippen LogP contribution in [0.4, 0.5) is 0 Å². The summed E-state index contributed by atoms with van der Waals surface area (Å²) < 4.78 is 30.1. The molecule has 18 heteroatoms. The maximum atomic E-state index is 14.2. The number of carboxylic acids is 1. The zero-order valence-corrected chi connectivity index (χ0v) is 40.0. The lowest BCUT2D eigenvalue weighted by molar-refractivity contribution is -0.374. The van der Waals surface area contributed by atoms with E-state index in [1.807, 2.05) is 0 Å². The molecule has 0 aromatic heterocycles. The van der Waals surface area contributed by atoms with Crippen LogP contribution in [0.2, 0.25) is 0 Å². The maximum Gasteiger partial charge on any atom is 0.335 e. The van der Waals surface area contributed by atoms with Crippen molar-refractivity contribution in [1.29, 1.82) is 0 Å². The van der Waals surface area contributed by atoms with Crippen LogP contribution in [0.1, 0.15) is 113 Å². The van der Waals surface area contributed by atoms with E-state index in [2.05, 4.69) is 54.5 Å². The monoisotopic (exact) mass is 955 g/mol. The third kappa shape index (κ3) is 8.35. The Hall–Kier alpha value is -1.88. The highest BCUT2D eigenvalue weighted by molar-refractivity contribution is 5.74. The van der Waals surface area contributed by atoms with E-state index in [0.717, 1.165) is 44.9 Å². The molecule has 8 rings (SSSR count). The van der Waals surface area contributed by atoms with Crippen molar-refractivity contribution in [3.05, 3.63) is 11.6 Å². The van der Waals surface area contributed by atoms with Crippen LogP contribution < -0.4 is 0 Å². The van der Waals surface area contributed by atoms with Crippen molar-refractivity contribution in [2.45, 2.75) is 205 Å². The molecule has 24 unspecified atom stereocenters. The number of carboxylic acid groups (broad SMARTS) is 1. The number of ether oxygens (including phenoxy) is 5. The quantitative estimate of drug-likeness (QED) is 0.0864. The molecular formula is C49H78O18. The van der Waals surface area contributed by atoms with E-state index >= 15 is 0 Å². The molecule has 0 spiro atoms. The first-order chi connectivity index (χ1) is 31.3. The molecule has 0 aromatic rings. The Morgan fingerprint density at radius 2 is 1.39 bits per heavy atom. The molecule has 0 bridgehead atoms. The summed E-state index contributed by atoms with van der Waals surface area (Å²) in [5.74, 6) is -2.53. The fourth-order valence-corrected chi connectivity index (χ4v) is 15.7. The number of allylic oxidation sites excluding steroid dienone is 2. The predicted octanol–water partition coefficient (Wildman–Crippen LogP) is 0.752. The normalized spacial score (nSPS) is 52.6. The van der Waals surface area contributed by atoms with E-state index in [1.165, 1.54) is 5.57 Å². The third-order valence-electron chi connectivity index (χ3n) is 19.5. The zero-order valence-electron chi connectivity index (χ0n) is 40.0. The fraction of sp³-hybridized carbons (Fsp3) is 0.918. The molecule has 18 nitrogen and oxygen atoms in total. The first kappa shape index (κ1) is 51.5. The fourth-order valence-electron chi connectivity index (χ4n) is 15.7. The molecule has 7 fully saturated rings. The Bertz CT molecular complexity index is 1860. The van der Waals surface area contributed by atoms with Crippen LogP contribution in [-0.4, -0.2) is 173 Å². The summed E-state index contributed by atoms with van der Waals surface area (Å²) in [6.45, 7) is 14.8. The van der Waals surface area contributed by atoms with Crippen molar-refractivity contribution in [2.75, 3.05) is 13.2 Å². The summed E-state index contributed by atoms with van der Waals surface area (Å²) in [6.07, 6.45) is -13.6. The largest absolute Gasteiger partial charge is 0.479 e. The van der Waals surface area contributed by atoms with Crippen LogP contribution in [0.15, 0.2) is 11.6 Å². The van der Waals surface area contributed by atoms with Gasteiger partial charge in [-0.1, -0.05) is 60.1 Å². The number of carbonyl (C=O) groups is 2. The van der Waals surface area contributed by atoms with E-state index in [9.17, 15) is 65.8 Å². The molecule has 67 heavy (non-hydrogen) atoms. The highest BCUT2D eigenvalue weighted by Gasteiger charge is 2.68. The molecule has 0 amide bonds. The molecule has 24 atom stereocenters. The molecule has 2 saturated heterocycles. The summed E-state index contributed by atoms with van der Waals surface area (Å²) in [5.41, 5.74) is 0.237. The number of rotatable bonds is 9. The Kier molecular flexibility index (Phi) is 14.1. The Morgan fingerprint density at radius 3 is 2.04 bits per heavy atom. The minimum Gasteiger partial charge on any atom is -0.479 e. The number of aliphatic hydroxyl groups excluding tert-OH is 10. The van der Waals surface area contributed by atoms with E-state index in [-0.39, 0.29) is 51.8 Å². The van der Waals surface area contributed by atoms with Crippen molar-refractivity contribution in [1.82, 2.24) is 0 Å². The smallest absolute Gasteiger partial charge is 0.335 e. The lowest BCUT2D eigenvalue weighted by atomic mass is 9.34. The minimum absolute atomic E-state index is 0.0270. The van der Waals surface area contributed by atoms with Gasteiger partial charge in [-0.05, 0) is 115 Å². The number of carbonyl (C=O) groups excluding carboxylic acids is 1. The van der Waals surface area contributed by atoms with Crippen molar-refractivity contribution in [2.24, 2.45) is 62.6 Å². The second-order valence-corrected chi connectivity index (χ2v) is 23.9. The van der Waals surface area contributed by atoms with Gasteiger partial charge in [0.2, 0.25) is 0 Å². The van der Waals surface area contributed by atoms with Gasteiger partial charge in [-0.2, -0.15) is 0 Å². The average molecular weight is 955 g/mol. The zero-order chi connectivity index (χ0) is 49.1. The predicted molar refractivity (Wildman–Crippen MR) is 234 cm³/mol. The van der Waals surface area contributed by atoms with E-state index in [4.69, 9.17) is 23.7 Å². The average Bonchev–Trinajstić information content (AvgIpc) is 3.26. The Balaban J connectivity index is 1.02. The van der Waals surface area contributed by atoms with Gasteiger partial charge in [0, 0.05) is 12.5 Å². The van der Waals surface area contributed by atoms with Gasteiger partial charge in [0.15, 0.2) is 18.7 Å². The SMILES string of the molecule is CC1(C)CC(C(=O)OC2CC(CO)C(O)C(O)C2O)C2CCC3(C)C(=CCC4C5(C)CCC(OC6OC(C(=O)O)C(O)C(O)C6OC6OC(CO)C(O)C(O)C6O)C(C)(C)C5CCC43C)C2C1. The summed E-state index contributed by atoms with van der Waals surface area (Å²) in [6, 6.07) is 0. The summed E-state index contributed by atoms with van der Waals surface area (Å²) in [7, 11) is 0. The molecule has 6 aliphatic carbocycles. The summed E-state index contributed by atoms with van der Waals surface area (Å²) in [5, 5.41) is 115. The standard InChI is InChI=1S/C49H78O18/c1-45(2)17-23-22(24(18-45)42(62)63-26-16-21(19-50)31(52)34(55)32(26)53)10-14-48(6)25(23)8-9-29-47(5)13-12-30(46(3,4)28(47)11-15-49(29,48)7)65-44-40(37(58)36(57)39(66-44)41(60)61)67-43-38(59)35(56)33(54)27(20-51)64-43/h8,21-24,26-40,43-44,50-59H,9-20H2,1-7H3,(H,60,61). The molecule has 2 heterocycles. The van der Waals surface area contributed by atoms with Gasteiger partial charge in [0.25, 0.3) is 0 Å². The van der Waals surface area contributed by atoms with Crippen molar-refractivity contribution in [3.63, 3.8) is 0 Å². The van der Waals surface area contributed by atoms with Crippen LogP contribution in [-0.2, 0) is 33.3 Å². The molecule has 382 valence electrons. The number of esters is 1. The van der Waals surface area contributed by atoms with Gasteiger partial charge in [-0.3, -0.25) is 4.79 Å². The second kappa shape index (κ2) is 18.3. The minimum atomic E-state index is -1.96. The van der Waals surface area contributed by atoms with Crippen molar-refractivity contribution >= 4 is 11.9 Å². The molecular weight excluding hydrogens is 877 g/mol. The summed E-state index contributed by atoms with van der Waals surface area (Å²) >= 11 is 0. The maximum absolute atomic E-state index is 14.2. The van der Waals surface area contributed by atoms with Crippen LogP contribution in [0, 0.1) is 62.6 Å². The second-order valence-electron chi connectivity index (χ2n) is 23.9. The van der Waals surface area contributed by atoms with E-state index in [0.29, 0.717) is 12.8 Å². The molecule has 8 aliphatic rings. The third-order valence-corrected chi connectivity index (χ3v) is 19.5. The number of fused-ring (bicyclic) bond motifs is 7. The number of aliphatic carboxylic acids is 1. The lowest BCUT2D eigenvalue weighted by Gasteiger charge is -2.71. The van der Waals surface area contributed by atoms with Gasteiger partial charge >= 0.3 is 11.9 Å². The molecule has 11 N–H and O–H groups in total. The number of aliphatic hydroxyl groups is 10. The van der Waals surface area contributed by atoms with Gasteiger partial charge in [-0.25, -0.2) is 4.79 Å². The van der Waals surface area contributed by atoms with Gasteiger partial charge in [0.05, 0.1) is 24.7 Å². The molecule has 0 radical (unpaired) electrons. The van der Waals surface area contributed by atoms with E-state index in [1.54, 1.807) is 0 Å². The Morgan fingerprint density at radius 1 is 0.701 bits per heavy atom. The van der Waals surface area contributed by atoms with Crippen LogP contribution in [0.3, 0.4) is 0 Å². The van der Waals surface area contributed by atoms with Gasteiger partial charge < -0.3 is 79.9 Å². The lowest BCUT2D eigenvalue weighted by Crippen LogP contribution is -2.67. The van der Waals surface area contributed by atoms with Crippen molar-refractivity contribution < 1.29 is 89.4 Å². The number of hydrogen-bond donors (Lipinski definition) is 11. The highest BCUT2D eigenvalue weighted by atomic mass is 16.8. The molecule has 2 aliphatic heterocycles. The van der Waals surface area contributed by atoms with Gasteiger partial charge in [0.1, 0.15) is 61.0 Å². The van der Waals surface area contributed by atoms with Gasteiger partial charge in [-0.15, -0.1) is 0 Å². The molecule has 0 aromatic carbocycles. The first-order valence-electron chi connectivity index (χ1n) is 24.7. The van der Waals surface area contributed by atoms with Crippen LogP contribution in [0.25, 0.3) is 0 Å². The molecule has 5 saturated carbocycles. The topological polar surface area (TPSA) is 303 Å². The Labute approximate surface area is 392 Å². The van der Waals surface area contributed by atoms with E-state index < -0.39 is 134 Å². The summed E-state index contributed by atoms with van der Waals surface area (Å²) in [4.78, 5) is 26.5. The highest BCUT2D eigenvalue weighted by Crippen LogP contribution is 2.75. The van der Waals surface area contributed by atoms with Crippen molar-refractivity contribution in [3.8, 4) is 0 Å². The van der Waals surface area contributed by atoms with Crippen LogP contribution >= 0.6 is 0 Å².